The highest BCUT2D eigenvalue weighted by Gasteiger charge is 2.12. The third-order valence-corrected chi connectivity index (χ3v) is 4.12. The molecule has 1 amide bonds. The predicted octanol–water partition coefficient (Wildman–Crippen LogP) is 4.42. The first-order valence-electron chi connectivity index (χ1n) is 8.61. The Morgan fingerprint density at radius 1 is 1.12 bits per heavy atom. The van der Waals surface area contributed by atoms with Gasteiger partial charge in [0.05, 0.1) is 7.11 Å². The normalized spacial score (nSPS) is 11.7. The Labute approximate surface area is 150 Å². The molecule has 2 aromatic carbocycles. The predicted molar refractivity (Wildman–Crippen MR) is 100 cm³/mol. The number of hydrogen-bond acceptors (Lipinski definition) is 3. The highest BCUT2D eigenvalue weighted by Crippen LogP contribution is 2.23. The summed E-state index contributed by atoms with van der Waals surface area (Å²) in [6.07, 6.45) is 0.893. The van der Waals surface area contributed by atoms with E-state index in [0.717, 1.165) is 28.9 Å². The van der Waals surface area contributed by atoms with Crippen molar-refractivity contribution in [1.29, 1.82) is 0 Å². The van der Waals surface area contributed by atoms with Crippen LogP contribution in [0.5, 0.6) is 11.5 Å². The fourth-order valence-corrected chi connectivity index (χ4v) is 2.62. The fraction of sp³-hybridized carbons (Fsp3) is 0.381. The maximum absolute atomic E-state index is 12.3. The van der Waals surface area contributed by atoms with Crippen LogP contribution in [0.25, 0.3) is 0 Å². The largest absolute Gasteiger partial charge is 0.496 e. The van der Waals surface area contributed by atoms with Crippen LogP contribution in [0, 0.1) is 13.8 Å². The van der Waals surface area contributed by atoms with E-state index in [9.17, 15) is 4.79 Å². The highest BCUT2D eigenvalue weighted by molar-refractivity contribution is 5.94. The van der Waals surface area contributed by atoms with Crippen LogP contribution < -0.4 is 14.8 Å². The molecular weight excluding hydrogens is 314 g/mol. The Hall–Kier alpha value is -2.49. The summed E-state index contributed by atoms with van der Waals surface area (Å²) in [6, 6.07) is 11.7. The molecule has 4 nitrogen and oxygen atoms in total. The van der Waals surface area contributed by atoms with Gasteiger partial charge in [-0.25, -0.2) is 0 Å². The van der Waals surface area contributed by atoms with Gasteiger partial charge in [-0.15, -0.1) is 0 Å². The molecule has 0 aliphatic carbocycles. The average molecular weight is 341 g/mol. The molecule has 0 saturated carbocycles. The topological polar surface area (TPSA) is 47.6 Å². The summed E-state index contributed by atoms with van der Waals surface area (Å²) in [6.45, 7) is 8.46. The molecular formula is C21H27NO3. The minimum absolute atomic E-state index is 0.0790. The molecule has 0 unspecified atom stereocenters. The Bertz CT molecular complexity index is 720. The first kappa shape index (κ1) is 18.8. The molecule has 2 rings (SSSR count). The second-order valence-corrected chi connectivity index (χ2v) is 6.42. The van der Waals surface area contributed by atoms with Crippen molar-refractivity contribution >= 4 is 5.91 Å². The molecule has 0 fully saturated rings. The second kappa shape index (κ2) is 8.56. The summed E-state index contributed by atoms with van der Waals surface area (Å²) in [7, 11) is 1.62. The molecule has 1 N–H and O–H groups in total. The molecule has 0 aliphatic heterocycles. The minimum Gasteiger partial charge on any atom is -0.496 e. The molecule has 4 heteroatoms. The average Bonchev–Trinajstić information content (AvgIpc) is 2.58. The molecule has 2 aromatic rings. The number of aryl methyl sites for hydroxylation is 2. The minimum atomic E-state index is -0.0790. The zero-order valence-corrected chi connectivity index (χ0v) is 15.7. The van der Waals surface area contributed by atoms with Crippen molar-refractivity contribution in [3.8, 4) is 11.5 Å². The van der Waals surface area contributed by atoms with E-state index >= 15 is 0 Å². The summed E-state index contributed by atoms with van der Waals surface area (Å²) in [4.78, 5) is 12.3. The number of rotatable bonds is 7. The van der Waals surface area contributed by atoms with Gasteiger partial charge in [-0.3, -0.25) is 4.79 Å². The van der Waals surface area contributed by atoms with Crippen molar-refractivity contribution in [2.45, 2.75) is 46.8 Å². The summed E-state index contributed by atoms with van der Waals surface area (Å²) in [5.74, 6) is 1.45. The van der Waals surface area contributed by atoms with Crippen molar-refractivity contribution in [3.05, 3.63) is 58.7 Å². The Balaban J connectivity index is 2.17. The summed E-state index contributed by atoms with van der Waals surface area (Å²) >= 11 is 0. The number of methoxy groups -OCH3 is 1. The molecule has 0 spiro atoms. The van der Waals surface area contributed by atoms with E-state index in [1.807, 2.05) is 52.0 Å². The Kier molecular flexibility index (Phi) is 6.45. The van der Waals surface area contributed by atoms with Crippen LogP contribution in [0.2, 0.25) is 0 Å². The van der Waals surface area contributed by atoms with Crippen molar-refractivity contribution < 1.29 is 14.3 Å². The third kappa shape index (κ3) is 5.24. The number of amides is 1. The van der Waals surface area contributed by atoms with Gasteiger partial charge in [0, 0.05) is 17.2 Å². The van der Waals surface area contributed by atoms with Crippen LogP contribution in [0.1, 0.15) is 47.3 Å². The van der Waals surface area contributed by atoms with Gasteiger partial charge in [0.2, 0.25) is 0 Å². The van der Waals surface area contributed by atoms with Crippen molar-refractivity contribution in [3.63, 3.8) is 0 Å². The summed E-state index contributed by atoms with van der Waals surface area (Å²) in [5.41, 5.74) is 3.77. The molecule has 0 heterocycles. The maximum Gasteiger partial charge on any atom is 0.251 e. The number of benzene rings is 2. The standard InChI is InChI=1S/C21H27NO3/c1-6-16(4)22-21(23)17-7-8-20(24-5)18(12-17)13-25-19-10-14(2)9-15(3)11-19/h7-12,16H,6,13H2,1-5H3,(H,22,23)/t16-/m1/s1. The van der Waals surface area contributed by atoms with Crippen LogP contribution in [0.15, 0.2) is 36.4 Å². The lowest BCUT2D eigenvalue weighted by Gasteiger charge is -2.15. The van der Waals surface area contributed by atoms with E-state index in [-0.39, 0.29) is 11.9 Å². The van der Waals surface area contributed by atoms with Crippen molar-refractivity contribution in [2.24, 2.45) is 0 Å². The zero-order chi connectivity index (χ0) is 18.4. The second-order valence-electron chi connectivity index (χ2n) is 6.42. The van der Waals surface area contributed by atoms with Crippen molar-refractivity contribution in [1.82, 2.24) is 5.32 Å². The molecule has 0 aliphatic rings. The van der Waals surface area contributed by atoms with Gasteiger partial charge in [-0.2, -0.15) is 0 Å². The quantitative estimate of drug-likeness (QED) is 0.811. The van der Waals surface area contributed by atoms with Crippen LogP contribution in [-0.2, 0) is 6.61 Å². The van der Waals surface area contributed by atoms with E-state index in [1.165, 1.54) is 0 Å². The zero-order valence-electron chi connectivity index (χ0n) is 15.7. The Morgan fingerprint density at radius 2 is 1.80 bits per heavy atom. The van der Waals surface area contributed by atoms with Gasteiger partial charge >= 0.3 is 0 Å². The van der Waals surface area contributed by atoms with E-state index in [2.05, 4.69) is 11.4 Å². The van der Waals surface area contributed by atoms with Gasteiger partial charge in [-0.1, -0.05) is 13.0 Å². The van der Waals surface area contributed by atoms with Gasteiger partial charge < -0.3 is 14.8 Å². The number of nitrogens with one attached hydrogen (secondary N) is 1. The highest BCUT2D eigenvalue weighted by atomic mass is 16.5. The molecule has 0 bridgehead atoms. The molecule has 1 atom stereocenters. The molecule has 0 aromatic heterocycles. The maximum atomic E-state index is 12.3. The van der Waals surface area contributed by atoms with Crippen molar-refractivity contribution in [2.75, 3.05) is 7.11 Å². The van der Waals surface area contributed by atoms with Crippen LogP contribution >= 0.6 is 0 Å². The van der Waals surface area contributed by atoms with Gasteiger partial charge in [0.1, 0.15) is 18.1 Å². The third-order valence-electron chi connectivity index (χ3n) is 4.12. The Morgan fingerprint density at radius 3 is 2.40 bits per heavy atom. The first-order valence-corrected chi connectivity index (χ1v) is 8.61. The lowest BCUT2D eigenvalue weighted by molar-refractivity contribution is 0.0939. The van der Waals surface area contributed by atoms with Gasteiger partial charge in [0.15, 0.2) is 0 Å². The monoisotopic (exact) mass is 341 g/mol. The molecule has 134 valence electrons. The lowest BCUT2D eigenvalue weighted by Crippen LogP contribution is -2.31. The summed E-state index contributed by atoms with van der Waals surface area (Å²) < 4.78 is 11.3. The molecule has 25 heavy (non-hydrogen) atoms. The first-order chi connectivity index (χ1) is 11.9. The smallest absolute Gasteiger partial charge is 0.251 e. The summed E-state index contributed by atoms with van der Waals surface area (Å²) in [5, 5.41) is 2.98. The van der Waals surface area contributed by atoms with E-state index in [0.29, 0.717) is 17.9 Å². The molecule has 0 radical (unpaired) electrons. The van der Waals surface area contributed by atoms with E-state index < -0.39 is 0 Å². The lowest BCUT2D eigenvalue weighted by atomic mass is 10.1. The van der Waals surface area contributed by atoms with E-state index in [1.54, 1.807) is 13.2 Å². The van der Waals surface area contributed by atoms with Gasteiger partial charge in [0.25, 0.3) is 5.91 Å². The number of carbonyl (C=O) groups is 1. The SMILES string of the molecule is CC[C@@H](C)NC(=O)c1ccc(OC)c(COc2cc(C)cc(C)c2)c1. The van der Waals surface area contributed by atoms with E-state index in [4.69, 9.17) is 9.47 Å². The number of carbonyl (C=O) groups excluding carboxylic acids is 1. The fourth-order valence-electron chi connectivity index (χ4n) is 2.62. The van der Waals surface area contributed by atoms with Crippen LogP contribution in [0.4, 0.5) is 0 Å². The van der Waals surface area contributed by atoms with Crippen LogP contribution in [-0.4, -0.2) is 19.1 Å². The van der Waals surface area contributed by atoms with Crippen LogP contribution in [0.3, 0.4) is 0 Å². The number of hydrogen-bond donors (Lipinski definition) is 1. The number of ether oxygens (including phenoxy) is 2. The molecule has 0 saturated heterocycles. The van der Waals surface area contributed by atoms with Gasteiger partial charge in [-0.05, 0) is 68.7 Å².